The van der Waals surface area contributed by atoms with Crippen molar-refractivity contribution in [3.05, 3.63) is 180 Å². The molecule has 0 aliphatic heterocycles. The third-order valence-corrected chi connectivity index (χ3v) is 10.6. The van der Waals surface area contributed by atoms with E-state index in [1.807, 2.05) is 60.7 Å². The van der Waals surface area contributed by atoms with Gasteiger partial charge in [-0.05, 0) is 84.8 Å². The molecule has 308 valence electrons. The van der Waals surface area contributed by atoms with Crippen molar-refractivity contribution in [1.29, 1.82) is 0 Å². The Morgan fingerprint density at radius 2 is 0.758 bits per heavy atom. The second-order valence-electron chi connectivity index (χ2n) is 14.7. The molecule has 0 spiro atoms. The Bertz CT molecular complexity index is 2980. The van der Waals surface area contributed by atoms with Gasteiger partial charge >= 0.3 is 18.5 Å². The van der Waals surface area contributed by atoms with Crippen LogP contribution in [0.4, 0.5) is 39.5 Å². The normalized spacial score (nSPS) is 12.4. The largest absolute Gasteiger partial charge is 0.416 e. The minimum atomic E-state index is -4.69. The monoisotopic (exact) mass is 844 g/mol. The molecule has 0 fully saturated rings. The van der Waals surface area contributed by atoms with Crippen LogP contribution in [-0.4, -0.2) is 19.5 Å². The first-order valence-corrected chi connectivity index (χ1v) is 19.1. The zero-order valence-corrected chi connectivity index (χ0v) is 32.2. The number of fused-ring (bicyclic) bond motifs is 3. The smallest absolute Gasteiger partial charge is 0.308 e. The van der Waals surface area contributed by atoms with Gasteiger partial charge in [-0.25, -0.2) is 15.0 Å². The standard InChI is InChI=1S/C49H29F9N4/c1-28-12-22-41-39(24-28)40-27-36(49(56,57)58)21-23-42(40)62(41)43-37(29-13-17-34(18-14-29)47(50,51)52)25-33(26-38(43)30-15-19-35(20-16-30)48(53,54)55)46-60-44(31-8-4-2-5-9-31)59-45(61-46)32-10-6-3-7-11-32/h2-27H,1H3. The van der Waals surface area contributed by atoms with Gasteiger partial charge in [-0.15, -0.1) is 0 Å². The highest BCUT2D eigenvalue weighted by Gasteiger charge is 2.34. The average molecular weight is 845 g/mol. The molecular formula is C49H29F9N4. The van der Waals surface area contributed by atoms with Crippen molar-refractivity contribution < 1.29 is 39.5 Å². The molecule has 13 heteroatoms. The lowest BCUT2D eigenvalue weighted by Gasteiger charge is -2.22. The molecule has 0 saturated heterocycles. The van der Waals surface area contributed by atoms with Crippen LogP contribution in [0.1, 0.15) is 22.3 Å². The van der Waals surface area contributed by atoms with E-state index in [1.165, 1.54) is 30.3 Å². The lowest BCUT2D eigenvalue weighted by Crippen LogP contribution is -2.07. The van der Waals surface area contributed by atoms with E-state index in [-0.39, 0.29) is 39.2 Å². The first kappa shape index (κ1) is 40.1. The number of hydrogen-bond acceptors (Lipinski definition) is 3. The van der Waals surface area contributed by atoms with E-state index >= 15 is 0 Å². The third kappa shape index (κ3) is 7.54. The predicted molar refractivity (Wildman–Crippen MR) is 221 cm³/mol. The van der Waals surface area contributed by atoms with E-state index in [0.717, 1.165) is 42.0 Å². The molecule has 0 radical (unpaired) electrons. The van der Waals surface area contributed by atoms with Gasteiger partial charge < -0.3 is 4.57 Å². The molecule has 9 aromatic rings. The highest BCUT2D eigenvalue weighted by atomic mass is 19.4. The van der Waals surface area contributed by atoms with Crippen molar-refractivity contribution in [3.8, 4) is 62.1 Å². The molecule has 0 N–H and O–H groups in total. The highest BCUT2D eigenvalue weighted by molar-refractivity contribution is 6.11. The van der Waals surface area contributed by atoms with Gasteiger partial charge in [0.2, 0.25) is 0 Å². The maximum Gasteiger partial charge on any atom is 0.416 e. The SMILES string of the molecule is Cc1ccc2c(c1)c1cc(C(F)(F)F)ccc1n2-c1c(-c2ccc(C(F)(F)F)cc2)cc(-c2nc(-c3ccccc3)nc(-c3ccccc3)n2)cc1-c1ccc(C(F)(F)F)cc1. The van der Waals surface area contributed by atoms with Crippen LogP contribution in [0.3, 0.4) is 0 Å². The maximum atomic E-state index is 14.2. The van der Waals surface area contributed by atoms with E-state index in [1.54, 1.807) is 41.8 Å². The van der Waals surface area contributed by atoms with Gasteiger partial charge in [-0.3, -0.25) is 0 Å². The van der Waals surface area contributed by atoms with Crippen LogP contribution in [0.15, 0.2) is 158 Å². The van der Waals surface area contributed by atoms with Gasteiger partial charge in [0, 0.05) is 38.6 Å². The van der Waals surface area contributed by atoms with Gasteiger partial charge in [0.05, 0.1) is 33.4 Å². The molecule has 4 nitrogen and oxygen atoms in total. The third-order valence-electron chi connectivity index (χ3n) is 10.6. The minimum absolute atomic E-state index is 0.137. The van der Waals surface area contributed by atoms with E-state index in [4.69, 9.17) is 15.0 Å². The lowest BCUT2D eigenvalue weighted by molar-refractivity contribution is -0.138. The molecule has 0 bridgehead atoms. The Labute approximate surface area is 347 Å². The van der Waals surface area contributed by atoms with Crippen molar-refractivity contribution in [3.63, 3.8) is 0 Å². The number of aryl methyl sites for hydroxylation is 1. The molecule has 0 aliphatic rings. The Balaban J connectivity index is 1.42. The minimum Gasteiger partial charge on any atom is -0.308 e. The molecule has 0 aliphatic carbocycles. The van der Waals surface area contributed by atoms with Crippen LogP contribution in [0.25, 0.3) is 83.9 Å². The van der Waals surface area contributed by atoms with E-state index in [2.05, 4.69) is 0 Å². The van der Waals surface area contributed by atoms with Crippen molar-refractivity contribution in [1.82, 2.24) is 19.5 Å². The summed E-state index contributed by atoms with van der Waals surface area (Å²) in [6.07, 6.45) is -14.0. The van der Waals surface area contributed by atoms with Crippen molar-refractivity contribution in [2.24, 2.45) is 0 Å². The zero-order valence-electron chi connectivity index (χ0n) is 32.2. The quantitative estimate of drug-likeness (QED) is 0.157. The number of halogens is 9. The maximum absolute atomic E-state index is 14.2. The van der Waals surface area contributed by atoms with Crippen LogP contribution in [0.5, 0.6) is 0 Å². The molecule has 0 unspecified atom stereocenters. The summed E-state index contributed by atoms with van der Waals surface area (Å²) in [5, 5.41) is 0.682. The van der Waals surface area contributed by atoms with Crippen LogP contribution in [-0.2, 0) is 18.5 Å². The molecule has 7 aromatic carbocycles. The topological polar surface area (TPSA) is 43.6 Å². The van der Waals surface area contributed by atoms with Crippen molar-refractivity contribution in [2.45, 2.75) is 25.5 Å². The summed E-state index contributed by atoms with van der Waals surface area (Å²) >= 11 is 0. The molecule has 0 saturated carbocycles. The summed E-state index contributed by atoms with van der Waals surface area (Å²) in [6, 6.07) is 38.8. The zero-order chi connectivity index (χ0) is 43.6. The van der Waals surface area contributed by atoms with Crippen LogP contribution in [0.2, 0.25) is 0 Å². The van der Waals surface area contributed by atoms with Crippen LogP contribution >= 0.6 is 0 Å². The lowest BCUT2D eigenvalue weighted by atomic mass is 9.91. The fraction of sp³-hybridized carbons (Fsp3) is 0.0816. The number of benzene rings is 7. The van der Waals surface area contributed by atoms with Crippen LogP contribution < -0.4 is 0 Å². The molecule has 9 rings (SSSR count). The second-order valence-corrected chi connectivity index (χ2v) is 14.7. The molecule has 2 heterocycles. The van der Waals surface area contributed by atoms with Crippen LogP contribution in [0, 0.1) is 6.92 Å². The van der Waals surface area contributed by atoms with Gasteiger partial charge in [0.15, 0.2) is 17.5 Å². The summed E-state index contributed by atoms with van der Waals surface area (Å²) in [5.74, 6) is 0.728. The molecular weight excluding hydrogens is 816 g/mol. The Hall–Kier alpha value is -7.28. The van der Waals surface area contributed by atoms with Crippen molar-refractivity contribution in [2.75, 3.05) is 0 Å². The van der Waals surface area contributed by atoms with E-state index in [9.17, 15) is 39.5 Å². The number of hydrogen-bond donors (Lipinski definition) is 0. The number of aromatic nitrogens is 4. The summed E-state index contributed by atoms with van der Waals surface area (Å²) < 4.78 is 128. The van der Waals surface area contributed by atoms with Gasteiger partial charge in [-0.2, -0.15) is 39.5 Å². The summed E-state index contributed by atoms with van der Waals surface area (Å²) in [6.45, 7) is 1.79. The number of nitrogens with zero attached hydrogens (tertiary/aromatic N) is 4. The Morgan fingerprint density at radius 1 is 0.371 bits per heavy atom. The fourth-order valence-corrected chi connectivity index (χ4v) is 7.61. The van der Waals surface area contributed by atoms with Gasteiger partial charge in [-0.1, -0.05) is 96.6 Å². The van der Waals surface area contributed by atoms with Gasteiger partial charge in [0.1, 0.15) is 0 Å². The van der Waals surface area contributed by atoms with Crippen molar-refractivity contribution >= 4 is 21.8 Å². The molecule has 62 heavy (non-hydrogen) atoms. The predicted octanol–water partition coefficient (Wildman–Crippen LogP) is 14.7. The highest BCUT2D eigenvalue weighted by Crippen LogP contribution is 2.46. The first-order chi connectivity index (χ1) is 29.5. The first-order valence-electron chi connectivity index (χ1n) is 19.1. The number of alkyl halides is 9. The Kier molecular flexibility index (Phi) is 9.72. The molecule has 0 atom stereocenters. The summed E-state index contributed by atoms with van der Waals surface area (Å²) in [7, 11) is 0. The fourth-order valence-electron chi connectivity index (χ4n) is 7.61. The second kappa shape index (κ2) is 15.0. The van der Waals surface area contributed by atoms with Gasteiger partial charge in [0.25, 0.3) is 0 Å². The van der Waals surface area contributed by atoms with E-state index in [0.29, 0.717) is 44.8 Å². The number of rotatable bonds is 6. The Morgan fingerprint density at radius 3 is 1.19 bits per heavy atom. The summed E-state index contributed by atoms with van der Waals surface area (Å²) in [5.41, 5.74) is 1.74. The van der Waals surface area contributed by atoms with E-state index < -0.39 is 35.2 Å². The summed E-state index contributed by atoms with van der Waals surface area (Å²) in [4.78, 5) is 14.5. The average Bonchev–Trinajstić information content (AvgIpc) is 3.58. The molecule has 0 amide bonds. The molecule has 2 aromatic heterocycles.